The summed E-state index contributed by atoms with van der Waals surface area (Å²) in [7, 11) is -8.75. The molecule has 5 rings (SSSR count). The average Bonchev–Trinajstić information content (AvgIpc) is 2.82. The van der Waals surface area contributed by atoms with Crippen LogP contribution in [0.25, 0.3) is 44.1 Å². The van der Waals surface area contributed by atoms with Crippen molar-refractivity contribution >= 4 is 101 Å². The summed E-state index contributed by atoms with van der Waals surface area (Å²) >= 11 is 0. The van der Waals surface area contributed by atoms with Crippen LogP contribution in [0.15, 0.2) is 82.6 Å². The van der Waals surface area contributed by atoms with E-state index in [9.17, 15) is 25.9 Å². The smallest absolute Gasteiger partial charge is 0.282 e. The molecule has 3 aromatic carbocycles. The summed E-state index contributed by atoms with van der Waals surface area (Å²) in [6, 6.07) is 19.5. The van der Waals surface area contributed by atoms with Crippen molar-refractivity contribution in [2.75, 3.05) is 0 Å². The van der Waals surface area contributed by atoms with Gasteiger partial charge in [0.1, 0.15) is 0 Å². The first-order valence-electron chi connectivity index (χ1n) is 10.8. The molecule has 13 heteroatoms. The molecule has 2 radical (unpaired) electrons. The van der Waals surface area contributed by atoms with E-state index in [4.69, 9.17) is 9.97 Å². The summed E-state index contributed by atoms with van der Waals surface area (Å²) in [4.78, 5) is 9.04. The molecule has 2 aromatic heterocycles. The SMILES string of the molecule is Cc1cc(-c2cccc(S(=O)(=O)O)c2)c2ccc3c(-c4cccc(S(=O)(=O)O)c4)cc(C)nc3c2n1.[Cu+].[Na].[Na]. The summed E-state index contributed by atoms with van der Waals surface area (Å²) in [5, 5.41) is 1.47. The number of aromatic nitrogens is 2. The van der Waals surface area contributed by atoms with Gasteiger partial charge in [-0.15, -0.1) is 0 Å². The minimum absolute atomic E-state index is 0. The molecule has 0 amide bonds. The van der Waals surface area contributed by atoms with Crippen LogP contribution in [0.5, 0.6) is 0 Å². The van der Waals surface area contributed by atoms with E-state index >= 15 is 0 Å². The standard InChI is InChI=1S/C26H20N2O6S2.Cu.2Na/c1-15-11-23(17-5-3-7-19(13-17)35(29,30)31)21-9-10-22-24(12-16(2)28-26(22)25(21)27-15)18-6-4-8-20(14-18)36(32,33)34;;;/h3-14H,1-2H3,(H,29,30,31)(H,32,33,34);;;/q;+1;;. The molecule has 5 aromatic rings. The number of benzene rings is 3. The molecule has 39 heavy (non-hydrogen) atoms. The van der Waals surface area contributed by atoms with Crippen molar-refractivity contribution in [3.8, 4) is 22.3 Å². The molecule has 0 saturated heterocycles. The molecule has 0 unspecified atom stereocenters. The minimum Gasteiger partial charge on any atom is -0.282 e. The number of aryl methyl sites for hydroxylation is 2. The third-order valence-corrected chi connectivity index (χ3v) is 7.60. The van der Waals surface area contributed by atoms with Crippen LogP contribution in [0.2, 0.25) is 0 Å². The van der Waals surface area contributed by atoms with Gasteiger partial charge in [-0.2, -0.15) is 16.8 Å². The van der Waals surface area contributed by atoms with Crippen molar-refractivity contribution < 1.29 is 43.0 Å². The second-order valence-electron chi connectivity index (χ2n) is 8.49. The van der Waals surface area contributed by atoms with E-state index in [1.807, 2.05) is 38.1 Å². The molecule has 0 fully saturated rings. The van der Waals surface area contributed by atoms with E-state index in [0.29, 0.717) is 33.5 Å². The molecule has 0 aliphatic carbocycles. The average molecular weight is 630 g/mol. The Kier molecular flexibility index (Phi) is 11.1. The summed E-state index contributed by atoms with van der Waals surface area (Å²) in [5.41, 5.74) is 5.18. The van der Waals surface area contributed by atoms with Crippen molar-refractivity contribution in [1.29, 1.82) is 0 Å². The quantitative estimate of drug-likeness (QED) is 0.169. The third kappa shape index (κ3) is 7.01. The van der Waals surface area contributed by atoms with Crippen LogP contribution < -0.4 is 0 Å². The molecule has 8 nitrogen and oxygen atoms in total. The largest absolute Gasteiger partial charge is 1.00 e. The van der Waals surface area contributed by atoms with Crippen LogP contribution in [0.1, 0.15) is 11.4 Å². The second kappa shape index (κ2) is 12.8. The van der Waals surface area contributed by atoms with Gasteiger partial charge in [0.05, 0.1) is 20.8 Å². The van der Waals surface area contributed by atoms with Crippen molar-refractivity contribution in [3.05, 3.63) is 84.2 Å². The van der Waals surface area contributed by atoms with Gasteiger partial charge in [0.15, 0.2) is 0 Å². The predicted molar refractivity (Wildman–Crippen MR) is 149 cm³/mol. The van der Waals surface area contributed by atoms with Gasteiger partial charge in [-0.25, -0.2) is 0 Å². The van der Waals surface area contributed by atoms with Crippen LogP contribution in [0.4, 0.5) is 0 Å². The first kappa shape index (κ1) is 34.0. The Bertz CT molecular complexity index is 1790. The monoisotopic (exact) mass is 629 g/mol. The van der Waals surface area contributed by atoms with Crippen molar-refractivity contribution in [2.45, 2.75) is 23.6 Å². The van der Waals surface area contributed by atoms with Crippen LogP contribution in [0.3, 0.4) is 0 Å². The zero-order chi connectivity index (χ0) is 25.8. The van der Waals surface area contributed by atoms with Crippen molar-refractivity contribution in [1.82, 2.24) is 9.97 Å². The molecule has 0 atom stereocenters. The van der Waals surface area contributed by atoms with Gasteiger partial charge in [0.25, 0.3) is 20.2 Å². The maximum Gasteiger partial charge on any atom is 1.00 e. The van der Waals surface area contributed by atoms with Crippen molar-refractivity contribution in [3.63, 3.8) is 0 Å². The van der Waals surface area contributed by atoms with Gasteiger partial charge < -0.3 is 0 Å². The minimum atomic E-state index is -4.38. The molecule has 0 aliphatic rings. The number of hydrogen-bond donors (Lipinski definition) is 2. The fraction of sp³-hybridized carbons (Fsp3) is 0.0769. The van der Waals surface area contributed by atoms with E-state index < -0.39 is 20.2 Å². The Labute approximate surface area is 281 Å². The van der Waals surface area contributed by atoms with Gasteiger partial charge in [0, 0.05) is 81.3 Å². The molecular formula is C26H20CuN2Na2O6S2+. The molecule has 0 saturated carbocycles. The van der Waals surface area contributed by atoms with Gasteiger partial charge >= 0.3 is 17.1 Å². The molecule has 0 bridgehead atoms. The Morgan fingerprint density at radius 1 is 0.590 bits per heavy atom. The van der Waals surface area contributed by atoms with Crippen molar-refractivity contribution in [2.24, 2.45) is 0 Å². The van der Waals surface area contributed by atoms with Crippen LogP contribution in [0, 0.1) is 13.8 Å². The summed E-state index contributed by atoms with van der Waals surface area (Å²) in [5.74, 6) is 0. The maximum absolute atomic E-state index is 11.7. The van der Waals surface area contributed by atoms with E-state index in [2.05, 4.69) is 0 Å². The Hall–Kier alpha value is -1.18. The number of fused-ring (bicyclic) bond motifs is 3. The van der Waals surface area contributed by atoms with Gasteiger partial charge in [-0.05, 0) is 72.5 Å². The first-order valence-corrected chi connectivity index (χ1v) is 13.7. The number of rotatable bonds is 4. The zero-order valence-electron chi connectivity index (χ0n) is 21.5. The molecule has 2 heterocycles. The number of nitrogens with zero attached hydrogens (tertiary/aromatic N) is 2. The topological polar surface area (TPSA) is 135 Å². The van der Waals surface area contributed by atoms with E-state index in [0.717, 1.165) is 21.9 Å². The van der Waals surface area contributed by atoms with Crippen LogP contribution in [-0.4, -0.2) is 95.0 Å². The maximum atomic E-state index is 11.7. The third-order valence-electron chi connectivity index (χ3n) is 5.90. The Morgan fingerprint density at radius 2 is 0.949 bits per heavy atom. The molecular weight excluding hydrogens is 610 g/mol. The first-order chi connectivity index (χ1) is 16.9. The van der Waals surface area contributed by atoms with Crippen LogP contribution >= 0.6 is 0 Å². The predicted octanol–water partition coefficient (Wildman–Crippen LogP) is 4.46. The molecule has 0 aliphatic heterocycles. The van der Waals surface area contributed by atoms with E-state index in [-0.39, 0.29) is 86.0 Å². The van der Waals surface area contributed by atoms with Gasteiger partial charge in [0.2, 0.25) is 0 Å². The fourth-order valence-corrected chi connectivity index (χ4v) is 5.41. The summed E-state index contributed by atoms with van der Waals surface area (Å²) in [6.45, 7) is 3.64. The summed E-state index contributed by atoms with van der Waals surface area (Å²) < 4.78 is 65.8. The number of hydrogen-bond acceptors (Lipinski definition) is 6. The van der Waals surface area contributed by atoms with Crippen LogP contribution in [-0.2, 0) is 37.3 Å². The molecule has 0 spiro atoms. The zero-order valence-corrected chi connectivity index (χ0v) is 28.0. The Morgan fingerprint density at radius 3 is 1.28 bits per heavy atom. The molecule has 2 N–H and O–H groups in total. The fourth-order valence-electron chi connectivity index (χ4n) is 4.36. The van der Waals surface area contributed by atoms with E-state index in [1.54, 1.807) is 24.3 Å². The number of pyridine rings is 2. The second-order valence-corrected chi connectivity index (χ2v) is 11.3. The van der Waals surface area contributed by atoms with E-state index in [1.165, 1.54) is 24.3 Å². The Balaban J connectivity index is 0.00000178. The molecule has 194 valence electrons. The van der Waals surface area contributed by atoms with Gasteiger partial charge in [-0.1, -0.05) is 36.4 Å². The normalized spacial score (nSPS) is 11.4. The van der Waals surface area contributed by atoms with Gasteiger partial charge in [-0.3, -0.25) is 19.1 Å². The summed E-state index contributed by atoms with van der Waals surface area (Å²) in [6.07, 6.45) is 0.